The highest BCUT2D eigenvalue weighted by Crippen LogP contribution is 2.43. The van der Waals surface area contributed by atoms with E-state index < -0.39 is 36.2 Å². The Kier molecular flexibility index (Phi) is 3.93. The number of nitrogens with zero attached hydrogens (tertiary/aromatic N) is 2. The molecule has 7 nitrogen and oxygen atoms in total. The summed E-state index contributed by atoms with van der Waals surface area (Å²) in [5.74, 6) is -3.94. The van der Waals surface area contributed by atoms with E-state index in [4.69, 9.17) is 10.5 Å². The highest BCUT2D eigenvalue weighted by atomic mass is 19.3. The van der Waals surface area contributed by atoms with Gasteiger partial charge < -0.3 is 20.7 Å². The Labute approximate surface area is 117 Å². The van der Waals surface area contributed by atoms with E-state index in [2.05, 4.69) is 17.3 Å². The minimum Gasteiger partial charge on any atom is -0.386 e. The van der Waals surface area contributed by atoms with Crippen molar-refractivity contribution in [1.82, 2.24) is 9.55 Å². The second-order valence-corrected chi connectivity index (χ2v) is 4.48. The van der Waals surface area contributed by atoms with Crippen molar-refractivity contribution in [1.29, 1.82) is 0 Å². The van der Waals surface area contributed by atoms with E-state index >= 15 is 0 Å². The van der Waals surface area contributed by atoms with Gasteiger partial charge in [0.1, 0.15) is 18.0 Å². The van der Waals surface area contributed by atoms with E-state index in [9.17, 15) is 23.8 Å². The summed E-state index contributed by atoms with van der Waals surface area (Å²) in [5, 5.41) is 19.3. The van der Waals surface area contributed by atoms with Crippen LogP contribution in [-0.2, 0) is 4.74 Å². The number of aliphatic hydroxyl groups is 2. The van der Waals surface area contributed by atoms with E-state index in [1.165, 1.54) is 0 Å². The van der Waals surface area contributed by atoms with Crippen LogP contribution in [0.15, 0.2) is 35.4 Å². The van der Waals surface area contributed by atoms with Crippen molar-refractivity contribution < 1.29 is 23.7 Å². The van der Waals surface area contributed by atoms with Crippen LogP contribution in [0.2, 0.25) is 0 Å². The van der Waals surface area contributed by atoms with E-state index in [1.807, 2.05) is 0 Å². The van der Waals surface area contributed by atoms with Crippen molar-refractivity contribution >= 4 is 5.82 Å². The van der Waals surface area contributed by atoms with Crippen LogP contribution >= 0.6 is 0 Å². The van der Waals surface area contributed by atoms with Crippen LogP contribution in [0, 0.1) is 0 Å². The fourth-order valence-corrected chi connectivity index (χ4v) is 2.02. The van der Waals surface area contributed by atoms with Crippen LogP contribution in [0.1, 0.15) is 6.23 Å². The Bertz CT molecular complexity index is 642. The van der Waals surface area contributed by atoms with Gasteiger partial charge in [0.25, 0.3) is 0 Å². The SMILES string of the molecule is C=C=CC(O)C1OC(n2ccc(N)nc2=O)C(F)(F)C1O. The summed E-state index contributed by atoms with van der Waals surface area (Å²) in [6, 6.07) is 1.14. The first kappa shape index (κ1) is 15.3. The molecule has 2 rings (SSSR count). The predicted molar refractivity (Wildman–Crippen MR) is 67.5 cm³/mol. The lowest BCUT2D eigenvalue weighted by molar-refractivity contribution is -0.141. The zero-order valence-corrected chi connectivity index (χ0v) is 10.7. The summed E-state index contributed by atoms with van der Waals surface area (Å²) in [7, 11) is 0. The molecule has 1 aromatic heterocycles. The third-order valence-corrected chi connectivity index (χ3v) is 3.05. The van der Waals surface area contributed by atoms with Gasteiger partial charge in [-0.3, -0.25) is 4.57 Å². The maximum Gasteiger partial charge on any atom is 0.351 e. The second-order valence-electron chi connectivity index (χ2n) is 4.48. The number of aliphatic hydroxyl groups excluding tert-OH is 2. The maximum absolute atomic E-state index is 14.1. The fraction of sp³-hybridized carbons (Fsp3) is 0.417. The molecule has 0 aliphatic carbocycles. The molecular weight excluding hydrogens is 288 g/mol. The van der Waals surface area contributed by atoms with Gasteiger partial charge >= 0.3 is 11.6 Å². The lowest BCUT2D eigenvalue weighted by Gasteiger charge is -2.20. The Morgan fingerprint density at radius 2 is 2.33 bits per heavy atom. The first-order chi connectivity index (χ1) is 9.78. The fourth-order valence-electron chi connectivity index (χ4n) is 2.02. The van der Waals surface area contributed by atoms with Crippen molar-refractivity contribution in [3.05, 3.63) is 41.1 Å². The van der Waals surface area contributed by atoms with Crippen molar-refractivity contribution in [2.75, 3.05) is 5.73 Å². The molecule has 0 aromatic carbocycles. The predicted octanol–water partition coefficient (Wildman–Crippen LogP) is -0.579. The molecular formula is C12H13F2N3O4. The van der Waals surface area contributed by atoms with Crippen LogP contribution in [0.3, 0.4) is 0 Å². The number of nitrogens with two attached hydrogens (primary N) is 1. The van der Waals surface area contributed by atoms with Gasteiger partial charge in [-0.05, 0) is 12.1 Å². The molecule has 0 spiro atoms. The number of anilines is 1. The van der Waals surface area contributed by atoms with Crippen molar-refractivity contribution in [2.45, 2.75) is 30.5 Å². The van der Waals surface area contributed by atoms with E-state index in [0.29, 0.717) is 4.57 Å². The number of halogens is 2. The lowest BCUT2D eigenvalue weighted by Crippen LogP contribution is -2.43. The molecule has 1 aliphatic heterocycles. The monoisotopic (exact) mass is 301 g/mol. The van der Waals surface area contributed by atoms with Gasteiger partial charge in [-0.15, -0.1) is 5.73 Å². The molecule has 4 atom stereocenters. The normalized spacial score (nSPS) is 28.9. The molecule has 0 saturated carbocycles. The van der Waals surface area contributed by atoms with Gasteiger partial charge in [0.05, 0.1) is 0 Å². The molecule has 21 heavy (non-hydrogen) atoms. The number of ether oxygens (including phenoxy) is 1. The van der Waals surface area contributed by atoms with Crippen molar-refractivity contribution in [3.8, 4) is 0 Å². The average Bonchev–Trinajstić information content (AvgIpc) is 2.62. The molecule has 4 N–H and O–H groups in total. The molecule has 9 heteroatoms. The minimum atomic E-state index is -3.80. The summed E-state index contributed by atoms with van der Waals surface area (Å²) in [5.41, 5.74) is 6.43. The van der Waals surface area contributed by atoms with Gasteiger partial charge in [-0.2, -0.15) is 13.8 Å². The van der Waals surface area contributed by atoms with Crippen LogP contribution < -0.4 is 11.4 Å². The highest BCUT2D eigenvalue weighted by Gasteiger charge is 2.61. The molecule has 0 amide bonds. The number of alkyl halides is 2. The number of hydrogen-bond acceptors (Lipinski definition) is 6. The quantitative estimate of drug-likeness (QED) is 0.644. The van der Waals surface area contributed by atoms with Crippen molar-refractivity contribution in [2.24, 2.45) is 0 Å². The Morgan fingerprint density at radius 1 is 1.67 bits per heavy atom. The molecule has 1 aromatic rings. The Balaban J connectivity index is 2.41. The second kappa shape index (κ2) is 5.38. The molecule has 114 valence electrons. The molecule has 0 bridgehead atoms. The average molecular weight is 301 g/mol. The summed E-state index contributed by atoms with van der Waals surface area (Å²) in [4.78, 5) is 14.9. The molecule has 0 radical (unpaired) electrons. The molecule has 2 heterocycles. The molecule has 1 aliphatic rings. The zero-order chi connectivity index (χ0) is 15.8. The summed E-state index contributed by atoms with van der Waals surface area (Å²) < 4.78 is 33.6. The van der Waals surface area contributed by atoms with E-state index in [0.717, 1.165) is 18.3 Å². The van der Waals surface area contributed by atoms with Gasteiger partial charge in [0, 0.05) is 6.20 Å². The maximum atomic E-state index is 14.1. The molecule has 4 unspecified atom stereocenters. The number of rotatable bonds is 3. The van der Waals surface area contributed by atoms with Crippen LogP contribution in [-0.4, -0.2) is 44.0 Å². The van der Waals surface area contributed by atoms with Crippen LogP contribution in [0.4, 0.5) is 14.6 Å². The van der Waals surface area contributed by atoms with Gasteiger partial charge in [-0.1, -0.05) is 6.58 Å². The first-order valence-corrected chi connectivity index (χ1v) is 5.89. The zero-order valence-electron chi connectivity index (χ0n) is 10.7. The number of hydrogen-bond donors (Lipinski definition) is 3. The highest BCUT2D eigenvalue weighted by molar-refractivity contribution is 5.23. The Morgan fingerprint density at radius 3 is 2.90 bits per heavy atom. The number of nitrogen functional groups attached to an aromatic ring is 1. The summed E-state index contributed by atoms with van der Waals surface area (Å²) in [6.07, 6.45) is -5.66. The van der Waals surface area contributed by atoms with Crippen LogP contribution in [0.25, 0.3) is 0 Å². The first-order valence-electron chi connectivity index (χ1n) is 5.89. The third kappa shape index (κ3) is 2.59. The molecule has 1 saturated heterocycles. The standard InChI is InChI=1S/C12H13F2N3O4/c1-2-3-6(18)8-9(19)12(13,14)10(21-8)17-5-4-7(15)16-11(17)20/h3-6,8-10,18-19H,1H2,(H2,15,16,20). The third-order valence-electron chi connectivity index (χ3n) is 3.05. The lowest BCUT2D eigenvalue weighted by atomic mass is 10.0. The van der Waals surface area contributed by atoms with E-state index in [1.54, 1.807) is 0 Å². The minimum absolute atomic E-state index is 0.135. The van der Waals surface area contributed by atoms with Gasteiger partial charge in [0.2, 0.25) is 6.23 Å². The van der Waals surface area contributed by atoms with Crippen molar-refractivity contribution in [3.63, 3.8) is 0 Å². The van der Waals surface area contributed by atoms with E-state index in [-0.39, 0.29) is 5.82 Å². The number of aromatic nitrogens is 2. The largest absolute Gasteiger partial charge is 0.386 e. The van der Waals surface area contributed by atoms with Crippen LogP contribution in [0.5, 0.6) is 0 Å². The van der Waals surface area contributed by atoms with Gasteiger partial charge in [-0.25, -0.2) is 4.79 Å². The summed E-state index contributed by atoms with van der Waals surface area (Å²) >= 11 is 0. The summed E-state index contributed by atoms with van der Waals surface area (Å²) in [6.45, 7) is 3.19. The van der Waals surface area contributed by atoms with Gasteiger partial charge in [0.15, 0.2) is 6.10 Å². The topological polar surface area (TPSA) is 111 Å². The molecule has 1 fully saturated rings. The smallest absolute Gasteiger partial charge is 0.351 e. The Hall–Kier alpha value is -2.06.